The fraction of sp³-hybridized carbons (Fsp3) is 0.375. The molecule has 0 spiro atoms. The van der Waals surface area contributed by atoms with Gasteiger partial charge < -0.3 is 24.1 Å². The molecule has 0 aliphatic rings. The Bertz CT molecular complexity index is 1050. The molecule has 0 bridgehead atoms. The lowest BCUT2D eigenvalue weighted by Crippen LogP contribution is -2.33. The number of methoxy groups -OCH3 is 2. The zero-order valence-electron chi connectivity index (χ0n) is 19.6. The number of carbonyl (C=O) groups excluding carboxylic acids is 1. The average Bonchev–Trinajstić information content (AvgIpc) is 3.19. The van der Waals surface area contributed by atoms with Gasteiger partial charge >= 0.3 is 0 Å². The Morgan fingerprint density at radius 3 is 2.36 bits per heavy atom. The maximum absolute atomic E-state index is 12.8. The Kier molecular flexibility index (Phi) is 8.59. The Morgan fingerprint density at radius 1 is 1.03 bits per heavy atom. The molecule has 1 aromatic heterocycles. The molecule has 1 atom stereocenters. The number of thioether (sulfide) groups is 1. The van der Waals surface area contributed by atoms with Gasteiger partial charge in [-0.25, -0.2) is 0 Å². The van der Waals surface area contributed by atoms with Crippen molar-refractivity contribution in [1.82, 2.24) is 20.1 Å². The molecule has 3 rings (SSSR count). The van der Waals surface area contributed by atoms with E-state index in [1.165, 1.54) is 0 Å². The summed E-state index contributed by atoms with van der Waals surface area (Å²) in [5, 5.41) is 12.6. The van der Waals surface area contributed by atoms with E-state index in [0.29, 0.717) is 41.0 Å². The van der Waals surface area contributed by atoms with Crippen LogP contribution >= 0.6 is 11.8 Å². The van der Waals surface area contributed by atoms with Gasteiger partial charge in [-0.2, -0.15) is 0 Å². The molecule has 0 saturated carbocycles. The number of hydrogen-bond donors (Lipinski definition) is 1. The minimum atomic E-state index is -0.281. The van der Waals surface area contributed by atoms with Gasteiger partial charge in [-0.15, -0.1) is 10.2 Å². The van der Waals surface area contributed by atoms with E-state index in [9.17, 15) is 4.79 Å². The smallest absolute Gasteiger partial charge is 0.251 e. The van der Waals surface area contributed by atoms with Crippen LogP contribution in [0.25, 0.3) is 0 Å². The van der Waals surface area contributed by atoms with Crippen LogP contribution in [0, 0.1) is 5.92 Å². The number of aromatic nitrogens is 3. The molecule has 0 radical (unpaired) electrons. The molecule has 0 saturated heterocycles. The first-order valence-electron chi connectivity index (χ1n) is 10.7. The van der Waals surface area contributed by atoms with Crippen molar-refractivity contribution in [3.63, 3.8) is 0 Å². The second kappa shape index (κ2) is 11.6. The highest BCUT2D eigenvalue weighted by atomic mass is 32.2. The maximum atomic E-state index is 12.8. The molecule has 0 aliphatic carbocycles. The monoisotopic (exact) mass is 470 g/mol. The van der Waals surface area contributed by atoms with E-state index < -0.39 is 0 Å². The van der Waals surface area contributed by atoms with Crippen molar-refractivity contribution in [3.8, 4) is 17.2 Å². The van der Waals surface area contributed by atoms with E-state index in [4.69, 9.17) is 14.2 Å². The molecular weight excluding hydrogens is 440 g/mol. The molecule has 3 aromatic rings. The summed E-state index contributed by atoms with van der Waals surface area (Å²) in [6.07, 6.45) is 0. The van der Waals surface area contributed by atoms with Gasteiger partial charge in [0, 0.05) is 18.4 Å². The van der Waals surface area contributed by atoms with E-state index in [-0.39, 0.29) is 17.9 Å². The molecule has 176 valence electrons. The van der Waals surface area contributed by atoms with Crippen LogP contribution in [0.4, 0.5) is 0 Å². The minimum Gasteiger partial charge on any atom is -0.497 e. The van der Waals surface area contributed by atoms with E-state index >= 15 is 0 Å². The van der Waals surface area contributed by atoms with Crippen LogP contribution in [0.15, 0.2) is 53.7 Å². The fourth-order valence-electron chi connectivity index (χ4n) is 3.24. The highest BCUT2D eigenvalue weighted by molar-refractivity contribution is 7.99. The number of nitrogens with zero attached hydrogens (tertiary/aromatic N) is 3. The molecule has 9 heteroatoms. The van der Waals surface area contributed by atoms with Crippen molar-refractivity contribution in [2.45, 2.75) is 25.0 Å². The molecule has 8 nitrogen and oxygen atoms in total. The lowest BCUT2D eigenvalue weighted by molar-refractivity contribution is 0.0922. The van der Waals surface area contributed by atoms with Crippen molar-refractivity contribution in [2.75, 3.05) is 26.6 Å². The molecule has 1 amide bonds. The van der Waals surface area contributed by atoms with Crippen LogP contribution in [0.5, 0.6) is 17.2 Å². The highest BCUT2D eigenvalue weighted by Crippen LogP contribution is 2.27. The van der Waals surface area contributed by atoms with Gasteiger partial charge in [0.25, 0.3) is 5.91 Å². The van der Waals surface area contributed by atoms with Gasteiger partial charge in [-0.1, -0.05) is 37.7 Å². The van der Waals surface area contributed by atoms with Gasteiger partial charge in [0.15, 0.2) is 22.5 Å². The summed E-state index contributed by atoms with van der Waals surface area (Å²) < 4.78 is 18.2. The summed E-state index contributed by atoms with van der Waals surface area (Å²) in [5.74, 6) is 3.47. The van der Waals surface area contributed by atoms with Crippen LogP contribution < -0.4 is 19.5 Å². The number of hydrogen-bond acceptors (Lipinski definition) is 7. The number of carbonyl (C=O) groups is 1. The molecule has 2 aromatic carbocycles. The van der Waals surface area contributed by atoms with Crippen LogP contribution in [-0.2, 0) is 7.05 Å². The van der Waals surface area contributed by atoms with Crippen LogP contribution in [0.1, 0.15) is 36.1 Å². The average molecular weight is 471 g/mol. The first-order chi connectivity index (χ1) is 15.9. The van der Waals surface area contributed by atoms with Crippen molar-refractivity contribution < 1.29 is 19.0 Å². The zero-order valence-corrected chi connectivity index (χ0v) is 20.4. The number of benzene rings is 2. The summed E-state index contributed by atoms with van der Waals surface area (Å²) >= 11 is 1.55. The van der Waals surface area contributed by atoms with E-state index in [1.807, 2.05) is 49.7 Å². The fourth-order valence-corrected chi connectivity index (χ4v) is 3.98. The third-order valence-corrected chi connectivity index (χ3v) is 6.08. The number of ether oxygens (including phenoxy) is 3. The van der Waals surface area contributed by atoms with Crippen LogP contribution in [0.3, 0.4) is 0 Å². The number of para-hydroxylation sites is 2. The molecule has 0 fully saturated rings. The normalized spacial score (nSPS) is 11.8. The van der Waals surface area contributed by atoms with Crippen molar-refractivity contribution in [1.29, 1.82) is 0 Å². The predicted molar refractivity (Wildman–Crippen MR) is 128 cm³/mol. The van der Waals surface area contributed by atoms with Gasteiger partial charge in [-0.05, 0) is 42.3 Å². The van der Waals surface area contributed by atoms with Gasteiger partial charge in [0.2, 0.25) is 0 Å². The third-order valence-electron chi connectivity index (χ3n) is 5.09. The van der Waals surface area contributed by atoms with Crippen molar-refractivity contribution in [2.24, 2.45) is 13.0 Å². The maximum Gasteiger partial charge on any atom is 0.251 e. The van der Waals surface area contributed by atoms with E-state index in [2.05, 4.69) is 15.5 Å². The topological polar surface area (TPSA) is 87.5 Å². The molecule has 33 heavy (non-hydrogen) atoms. The Labute approximate surface area is 198 Å². The Balaban J connectivity index is 1.62. The van der Waals surface area contributed by atoms with Gasteiger partial charge in [0.05, 0.1) is 26.9 Å². The first-order valence-corrected chi connectivity index (χ1v) is 11.7. The standard InChI is InChI=1S/C24H30N4O4S/c1-16(2)21(25-23(29)17-10-12-18(30-4)13-11-17)22-26-27-24(28(22)3)33-15-14-32-20-9-7-6-8-19(20)31-5/h6-13,16,21H,14-15H2,1-5H3,(H,25,29). The lowest BCUT2D eigenvalue weighted by atomic mass is 10.0. The predicted octanol–water partition coefficient (Wildman–Crippen LogP) is 4.13. The summed E-state index contributed by atoms with van der Waals surface area (Å²) in [5.41, 5.74) is 0.562. The van der Waals surface area contributed by atoms with Crippen LogP contribution in [0.2, 0.25) is 0 Å². The molecule has 0 aliphatic heterocycles. The van der Waals surface area contributed by atoms with Gasteiger partial charge in [0.1, 0.15) is 5.75 Å². The molecule has 1 heterocycles. The Hall–Kier alpha value is -3.20. The second-order valence-electron chi connectivity index (χ2n) is 7.67. The summed E-state index contributed by atoms with van der Waals surface area (Å²) in [7, 11) is 5.13. The first kappa shape index (κ1) is 24.4. The van der Waals surface area contributed by atoms with Crippen LogP contribution in [-0.4, -0.2) is 47.3 Å². The Morgan fingerprint density at radius 2 is 1.73 bits per heavy atom. The molecular formula is C24H30N4O4S. The summed E-state index contributed by atoms with van der Waals surface area (Å²) in [6, 6.07) is 14.3. The number of amides is 1. The third kappa shape index (κ3) is 6.19. The highest BCUT2D eigenvalue weighted by Gasteiger charge is 2.25. The van der Waals surface area contributed by atoms with Crippen molar-refractivity contribution >= 4 is 17.7 Å². The van der Waals surface area contributed by atoms with Crippen molar-refractivity contribution in [3.05, 3.63) is 59.9 Å². The quantitative estimate of drug-likeness (QED) is 0.333. The molecule has 1 N–H and O–H groups in total. The lowest BCUT2D eigenvalue weighted by Gasteiger charge is -2.21. The number of nitrogens with one attached hydrogen (secondary N) is 1. The summed E-state index contributed by atoms with van der Waals surface area (Å²) in [4.78, 5) is 12.8. The van der Waals surface area contributed by atoms with E-state index in [0.717, 1.165) is 5.16 Å². The molecule has 1 unspecified atom stereocenters. The van der Waals surface area contributed by atoms with Gasteiger partial charge in [-0.3, -0.25) is 4.79 Å². The zero-order chi connectivity index (χ0) is 23.8. The number of rotatable bonds is 11. The SMILES string of the molecule is COc1ccc(C(=O)NC(c2nnc(SCCOc3ccccc3OC)n2C)C(C)C)cc1. The summed E-state index contributed by atoms with van der Waals surface area (Å²) in [6.45, 7) is 4.58. The van der Waals surface area contributed by atoms with E-state index in [1.54, 1.807) is 50.2 Å². The largest absolute Gasteiger partial charge is 0.497 e. The minimum absolute atomic E-state index is 0.127. The second-order valence-corrected chi connectivity index (χ2v) is 8.73.